The zero-order valence-electron chi connectivity index (χ0n) is 10.5. The lowest BCUT2D eigenvalue weighted by Crippen LogP contribution is -2.33. The molecule has 4 heteroatoms. The average molecular weight is 238 g/mol. The second-order valence-corrected chi connectivity index (χ2v) is 4.53. The summed E-state index contributed by atoms with van der Waals surface area (Å²) in [5.74, 6) is -0.461. The van der Waals surface area contributed by atoms with E-state index in [9.17, 15) is 9.18 Å². The smallest absolute Gasteiger partial charge is 0.229 e. The first-order valence-electron chi connectivity index (χ1n) is 5.72. The van der Waals surface area contributed by atoms with Gasteiger partial charge in [-0.05, 0) is 36.6 Å². The van der Waals surface area contributed by atoms with Crippen molar-refractivity contribution in [1.29, 1.82) is 0 Å². The Balaban J connectivity index is 2.80. The Bertz CT molecular complexity index is 404. The molecule has 1 aromatic rings. The van der Waals surface area contributed by atoms with Gasteiger partial charge in [0.15, 0.2) is 0 Å². The van der Waals surface area contributed by atoms with Crippen molar-refractivity contribution in [2.75, 3.05) is 11.9 Å². The first-order valence-corrected chi connectivity index (χ1v) is 5.72. The van der Waals surface area contributed by atoms with E-state index in [0.717, 1.165) is 0 Å². The van der Waals surface area contributed by atoms with E-state index in [2.05, 4.69) is 5.32 Å². The van der Waals surface area contributed by atoms with E-state index < -0.39 is 0 Å². The molecule has 1 atom stereocenters. The Morgan fingerprint density at radius 3 is 2.59 bits per heavy atom. The van der Waals surface area contributed by atoms with Crippen LogP contribution >= 0.6 is 0 Å². The number of halogens is 1. The molecule has 3 nitrogen and oxygen atoms in total. The Morgan fingerprint density at radius 1 is 1.47 bits per heavy atom. The summed E-state index contributed by atoms with van der Waals surface area (Å²) in [6, 6.07) is 4.29. The monoisotopic (exact) mass is 238 g/mol. The van der Waals surface area contributed by atoms with Crippen LogP contribution in [0.25, 0.3) is 0 Å². The molecule has 0 radical (unpaired) electrons. The highest BCUT2D eigenvalue weighted by molar-refractivity contribution is 5.93. The lowest BCUT2D eigenvalue weighted by molar-refractivity contribution is -0.120. The zero-order valence-corrected chi connectivity index (χ0v) is 10.5. The minimum absolute atomic E-state index is 0.114. The van der Waals surface area contributed by atoms with Crippen LogP contribution in [-0.4, -0.2) is 12.5 Å². The molecule has 0 spiro atoms. The van der Waals surface area contributed by atoms with Crippen molar-refractivity contribution in [3.05, 3.63) is 29.6 Å². The minimum Gasteiger partial charge on any atom is -0.330 e. The summed E-state index contributed by atoms with van der Waals surface area (Å²) >= 11 is 0. The summed E-state index contributed by atoms with van der Waals surface area (Å²) in [5.41, 5.74) is 6.91. The molecular formula is C13H19FN2O. The van der Waals surface area contributed by atoms with Crippen molar-refractivity contribution < 1.29 is 9.18 Å². The van der Waals surface area contributed by atoms with Crippen molar-refractivity contribution in [1.82, 2.24) is 0 Å². The first kappa shape index (κ1) is 13.6. The summed E-state index contributed by atoms with van der Waals surface area (Å²) in [6.07, 6.45) is 0. The van der Waals surface area contributed by atoms with Gasteiger partial charge in [-0.2, -0.15) is 0 Å². The molecule has 0 heterocycles. The van der Waals surface area contributed by atoms with E-state index in [-0.39, 0.29) is 23.6 Å². The Hall–Kier alpha value is -1.42. The number of amides is 1. The van der Waals surface area contributed by atoms with Crippen molar-refractivity contribution in [3.8, 4) is 0 Å². The fourth-order valence-corrected chi connectivity index (χ4v) is 1.67. The second kappa shape index (κ2) is 5.77. The van der Waals surface area contributed by atoms with Crippen LogP contribution < -0.4 is 11.1 Å². The van der Waals surface area contributed by atoms with Gasteiger partial charge < -0.3 is 11.1 Å². The molecular weight excluding hydrogens is 219 g/mol. The van der Waals surface area contributed by atoms with Crippen molar-refractivity contribution in [3.63, 3.8) is 0 Å². The number of nitrogens with one attached hydrogen (secondary N) is 1. The van der Waals surface area contributed by atoms with Crippen LogP contribution in [0.4, 0.5) is 10.1 Å². The molecule has 94 valence electrons. The normalized spacial score (nSPS) is 12.6. The maximum atomic E-state index is 12.9. The predicted molar refractivity (Wildman–Crippen MR) is 67.1 cm³/mol. The van der Waals surface area contributed by atoms with Crippen LogP contribution in [0.2, 0.25) is 0 Å². The van der Waals surface area contributed by atoms with Gasteiger partial charge in [0.2, 0.25) is 5.91 Å². The summed E-state index contributed by atoms with van der Waals surface area (Å²) in [5, 5.41) is 2.78. The number of carbonyl (C=O) groups excluding carboxylic acids is 1. The molecule has 0 aromatic heterocycles. The van der Waals surface area contributed by atoms with Gasteiger partial charge >= 0.3 is 0 Å². The number of benzene rings is 1. The van der Waals surface area contributed by atoms with E-state index >= 15 is 0 Å². The third-order valence-electron chi connectivity index (χ3n) is 2.84. The largest absolute Gasteiger partial charge is 0.330 e. The summed E-state index contributed by atoms with van der Waals surface area (Å²) in [7, 11) is 0. The molecule has 1 unspecified atom stereocenters. The standard InChI is InChI=1S/C13H19FN2O/c1-8(2)11(7-15)13(17)16-12-5-4-10(14)6-9(12)3/h4-6,8,11H,7,15H2,1-3H3,(H,16,17). The van der Waals surface area contributed by atoms with Crippen LogP contribution in [-0.2, 0) is 4.79 Å². The van der Waals surface area contributed by atoms with Crippen LogP contribution in [0.3, 0.4) is 0 Å². The SMILES string of the molecule is Cc1cc(F)ccc1NC(=O)C(CN)C(C)C. The van der Waals surface area contributed by atoms with E-state index in [1.807, 2.05) is 13.8 Å². The van der Waals surface area contributed by atoms with Crippen LogP contribution in [0.5, 0.6) is 0 Å². The van der Waals surface area contributed by atoms with Gasteiger partial charge in [-0.15, -0.1) is 0 Å². The molecule has 1 aromatic carbocycles. The number of anilines is 1. The highest BCUT2D eigenvalue weighted by atomic mass is 19.1. The Labute approximate surface area is 101 Å². The highest BCUT2D eigenvalue weighted by Crippen LogP contribution is 2.18. The van der Waals surface area contributed by atoms with Crippen molar-refractivity contribution in [2.45, 2.75) is 20.8 Å². The van der Waals surface area contributed by atoms with E-state index in [0.29, 0.717) is 17.8 Å². The third kappa shape index (κ3) is 3.53. The van der Waals surface area contributed by atoms with E-state index in [1.165, 1.54) is 12.1 Å². The molecule has 0 fully saturated rings. The number of nitrogens with two attached hydrogens (primary N) is 1. The third-order valence-corrected chi connectivity index (χ3v) is 2.84. The molecule has 3 N–H and O–H groups in total. The maximum absolute atomic E-state index is 12.9. The van der Waals surface area contributed by atoms with Crippen molar-refractivity contribution in [2.24, 2.45) is 17.6 Å². The maximum Gasteiger partial charge on any atom is 0.229 e. The zero-order chi connectivity index (χ0) is 13.0. The molecule has 0 bridgehead atoms. The van der Waals surface area contributed by atoms with Gasteiger partial charge in [-0.1, -0.05) is 13.8 Å². The quantitative estimate of drug-likeness (QED) is 0.845. The lowest BCUT2D eigenvalue weighted by Gasteiger charge is -2.19. The Morgan fingerprint density at radius 2 is 2.12 bits per heavy atom. The van der Waals surface area contributed by atoms with Crippen LogP contribution in [0.15, 0.2) is 18.2 Å². The van der Waals surface area contributed by atoms with Crippen molar-refractivity contribution >= 4 is 11.6 Å². The predicted octanol–water partition coefficient (Wildman–Crippen LogP) is 2.30. The molecule has 0 aliphatic carbocycles. The molecule has 0 saturated heterocycles. The summed E-state index contributed by atoms with van der Waals surface area (Å²) in [6.45, 7) is 5.97. The molecule has 1 rings (SSSR count). The fraction of sp³-hybridized carbons (Fsp3) is 0.462. The average Bonchev–Trinajstić information content (AvgIpc) is 2.22. The minimum atomic E-state index is -0.306. The molecule has 0 aliphatic heterocycles. The van der Waals surface area contributed by atoms with Gasteiger partial charge in [0.25, 0.3) is 0 Å². The van der Waals surface area contributed by atoms with E-state index in [4.69, 9.17) is 5.73 Å². The highest BCUT2D eigenvalue weighted by Gasteiger charge is 2.20. The number of carbonyl (C=O) groups is 1. The van der Waals surface area contributed by atoms with Gasteiger partial charge in [-0.3, -0.25) is 4.79 Å². The van der Waals surface area contributed by atoms with E-state index in [1.54, 1.807) is 13.0 Å². The molecule has 1 amide bonds. The molecule has 0 aliphatic rings. The van der Waals surface area contributed by atoms with Gasteiger partial charge in [-0.25, -0.2) is 4.39 Å². The number of rotatable bonds is 4. The summed E-state index contributed by atoms with van der Waals surface area (Å²) in [4.78, 5) is 11.9. The number of hydrogen-bond donors (Lipinski definition) is 2. The summed E-state index contributed by atoms with van der Waals surface area (Å²) < 4.78 is 12.9. The Kier molecular flexibility index (Phi) is 4.63. The second-order valence-electron chi connectivity index (χ2n) is 4.53. The fourth-order valence-electron chi connectivity index (χ4n) is 1.67. The number of hydrogen-bond acceptors (Lipinski definition) is 2. The molecule has 0 saturated carbocycles. The number of aryl methyl sites for hydroxylation is 1. The first-order chi connectivity index (χ1) is 7.95. The van der Waals surface area contributed by atoms with Gasteiger partial charge in [0, 0.05) is 12.2 Å². The van der Waals surface area contributed by atoms with Gasteiger partial charge in [0.1, 0.15) is 5.82 Å². The lowest BCUT2D eigenvalue weighted by atomic mass is 9.95. The van der Waals surface area contributed by atoms with Gasteiger partial charge in [0.05, 0.1) is 5.92 Å². The van der Waals surface area contributed by atoms with Crippen LogP contribution in [0, 0.1) is 24.6 Å². The topological polar surface area (TPSA) is 55.1 Å². The van der Waals surface area contributed by atoms with Crippen LogP contribution in [0.1, 0.15) is 19.4 Å². The molecule has 17 heavy (non-hydrogen) atoms.